The summed E-state index contributed by atoms with van der Waals surface area (Å²) in [5.74, 6) is 0. The molecule has 0 unspecified atom stereocenters. The van der Waals surface area contributed by atoms with E-state index >= 15 is 0 Å². The van der Waals surface area contributed by atoms with Crippen LogP contribution in [0.5, 0.6) is 0 Å². The Morgan fingerprint density at radius 2 is 0.625 bits per heavy atom. The topological polar surface area (TPSA) is 0 Å². The normalized spacial score (nSPS) is 14.9. The summed E-state index contributed by atoms with van der Waals surface area (Å²) in [5.41, 5.74) is 1.35. The van der Waals surface area contributed by atoms with Crippen LogP contribution < -0.4 is 0 Å². The molecule has 0 bridgehead atoms. The highest BCUT2D eigenvalue weighted by Gasteiger charge is 2.16. The molecule has 0 radical (unpaired) electrons. The number of rotatable bonds is 5. The van der Waals surface area contributed by atoms with E-state index in [1.54, 1.807) is 12.1 Å². The molecule has 12 aromatic carbocycles. The largest absolute Gasteiger partial charge is 0.0636 e. The van der Waals surface area contributed by atoms with Crippen LogP contribution in [0.25, 0.3) is 120 Å². The second-order valence-electron chi connectivity index (χ2n) is 14.2. The highest BCUT2D eigenvalue weighted by atomic mass is 14.2. The van der Waals surface area contributed by atoms with Gasteiger partial charge < -0.3 is 0 Å². The Kier molecular flexibility index (Phi) is 4.67. The fourth-order valence-electron chi connectivity index (χ4n) is 8.61. The molecule has 12 aromatic rings. The molecule has 12 rings (SSSR count). The molecule has 0 aliphatic rings. The molecule has 0 N–H and O–H groups in total. The summed E-state index contributed by atoms with van der Waals surface area (Å²) in [7, 11) is 0. The van der Waals surface area contributed by atoms with Crippen molar-refractivity contribution in [1.29, 1.82) is 0 Å². The quantitative estimate of drug-likeness (QED) is 0.155. The Bertz CT molecular complexity index is 4120. The molecule has 0 nitrogen and oxygen atoms in total. The van der Waals surface area contributed by atoms with E-state index in [0.717, 1.165) is 65.0 Å². The van der Waals surface area contributed by atoms with Crippen molar-refractivity contribution in [3.63, 3.8) is 0 Å². The van der Waals surface area contributed by atoms with Crippen LogP contribution in [0.15, 0.2) is 206 Å². The minimum absolute atomic E-state index is 0.000807. The summed E-state index contributed by atoms with van der Waals surface area (Å²) >= 11 is 0. The Morgan fingerprint density at radius 3 is 1.11 bits per heavy atom. The molecule has 0 saturated heterocycles. The molecule has 0 atom stereocenters. The Balaban J connectivity index is 1.07. The second-order valence-corrected chi connectivity index (χ2v) is 14.2. The second kappa shape index (κ2) is 12.1. The lowest BCUT2D eigenvalue weighted by atomic mass is 9.87. The van der Waals surface area contributed by atoms with E-state index in [-0.39, 0.29) is 22.3 Å². The monoisotopic (exact) mass is 718 g/mol. The van der Waals surface area contributed by atoms with Gasteiger partial charge >= 0.3 is 0 Å². The van der Waals surface area contributed by atoms with Gasteiger partial charge in [0.15, 0.2) is 0 Å². The van der Waals surface area contributed by atoms with Crippen LogP contribution in [0.4, 0.5) is 0 Å². The van der Waals surface area contributed by atoms with Gasteiger partial charge in [0.1, 0.15) is 0 Å². The van der Waals surface area contributed by atoms with E-state index in [9.17, 15) is 9.60 Å². The average Bonchev–Trinajstić information content (AvgIpc) is 3.36. The third kappa shape index (κ3) is 4.73. The van der Waals surface area contributed by atoms with Crippen LogP contribution in [-0.2, 0) is 0 Å². The van der Waals surface area contributed by atoms with Gasteiger partial charge in [-0.2, -0.15) is 0 Å². The highest BCUT2D eigenvalue weighted by Crippen LogP contribution is 2.44. The van der Waals surface area contributed by atoms with Crippen molar-refractivity contribution in [1.82, 2.24) is 0 Å². The molecule has 56 heavy (non-hydrogen) atoms. The van der Waals surface area contributed by atoms with Crippen LogP contribution in [0.2, 0.25) is 0 Å². The van der Waals surface area contributed by atoms with Gasteiger partial charge in [0.25, 0.3) is 0 Å². The first-order valence-electron chi connectivity index (χ1n) is 24.5. The number of hydrogen-bond donors (Lipinski definition) is 0. The lowest BCUT2D eigenvalue weighted by Crippen LogP contribution is -1.90. The minimum atomic E-state index is -0.681. The predicted molar refractivity (Wildman–Crippen MR) is 241 cm³/mol. The molecule has 0 aliphatic carbocycles. The van der Waals surface area contributed by atoms with Crippen molar-refractivity contribution in [2.45, 2.75) is 0 Å². The molecule has 0 aliphatic heterocycles. The SMILES string of the molecule is [2H]c1c([2H])c(-c2c([2H])c([2H])c(-c3c([2H])c([2H])c([2H])c(-c4ccc5ccc6c(-c7ccccc7)ccc7ccc4c5c76)c3[2H])c([2H])c2[2H])c([2H])c(-c2ccc3ccc4cccc5ccc2c3c45)c1[2H]. The van der Waals surface area contributed by atoms with Crippen LogP contribution in [0, 0.1) is 0 Å². The third-order valence-corrected chi connectivity index (χ3v) is 11.2. The average molecular weight is 719 g/mol. The van der Waals surface area contributed by atoms with Gasteiger partial charge in [-0.1, -0.05) is 194 Å². The molecular formula is C56H34. The van der Waals surface area contributed by atoms with Crippen molar-refractivity contribution in [2.75, 3.05) is 0 Å². The van der Waals surface area contributed by atoms with Gasteiger partial charge in [0.05, 0.1) is 16.4 Å². The van der Waals surface area contributed by atoms with E-state index < -0.39 is 83.6 Å². The van der Waals surface area contributed by atoms with E-state index in [4.69, 9.17) is 6.85 Å². The summed E-state index contributed by atoms with van der Waals surface area (Å²) in [6.45, 7) is 0. The van der Waals surface area contributed by atoms with Crippen LogP contribution in [0.3, 0.4) is 0 Å². The Morgan fingerprint density at radius 1 is 0.250 bits per heavy atom. The molecule has 0 spiro atoms. The molecule has 258 valence electrons. The van der Waals surface area contributed by atoms with Gasteiger partial charge in [-0.3, -0.25) is 0 Å². The summed E-state index contributed by atoms with van der Waals surface area (Å²) in [5, 5.41) is 11.0. The van der Waals surface area contributed by atoms with E-state index in [0.29, 0.717) is 21.9 Å². The standard InChI is InChI=1S/C56H34/c1-2-7-37(8-3-1)47-27-21-41-26-32-52-49(29-23-42-25-31-50(47)55(41)56(42)52)46-14-6-12-44(34-46)36-17-15-35(16-18-36)43-11-5-13-45(33-43)48-28-22-40-20-19-38-9-4-10-39-24-30-51(48)54(40)53(38)39/h1-34H/i5D,6D,11D,12D,13D,14D,15D,16D,17D,18D,33D,34D. The van der Waals surface area contributed by atoms with Crippen LogP contribution >= 0.6 is 0 Å². The molecule has 0 heterocycles. The lowest BCUT2D eigenvalue weighted by Gasteiger charge is -2.17. The van der Waals surface area contributed by atoms with Crippen molar-refractivity contribution in [2.24, 2.45) is 0 Å². The number of hydrogen-bond acceptors (Lipinski definition) is 0. The maximum Gasteiger partial charge on any atom is 0.0636 e. The van der Waals surface area contributed by atoms with Gasteiger partial charge in [-0.05, 0) is 132 Å². The third-order valence-electron chi connectivity index (χ3n) is 11.2. The smallest absolute Gasteiger partial charge is 0.0622 e. The van der Waals surface area contributed by atoms with E-state index in [2.05, 4.69) is 30.3 Å². The Labute approximate surface area is 342 Å². The molecule has 0 aromatic heterocycles. The predicted octanol–water partition coefficient (Wildman–Crippen LogP) is 15.8. The van der Waals surface area contributed by atoms with Gasteiger partial charge in [0.2, 0.25) is 0 Å². The first-order chi connectivity index (χ1) is 32.8. The van der Waals surface area contributed by atoms with Crippen molar-refractivity contribution < 1.29 is 16.4 Å². The summed E-state index contributed by atoms with van der Waals surface area (Å²) in [6.07, 6.45) is 0. The lowest BCUT2D eigenvalue weighted by molar-refractivity contribution is 1.58. The van der Waals surface area contributed by atoms with Gasteiger partial charge in [0, 0.05) is 0 Å². The summed E-state index contributed by atoms with van der Waals surface area (Å²) < 4.78 is 112. The fraction of sp³-hybridized carbons (Fsp3) is 0. The minimum Gasteiger partial charge on any atom is -0.0622 e. The van der Waals surface area contributed by atoms with Crippen LogP contribution in [-0.4, -0.2) is 0 Å². The summed E-state index contributed by atoms with van der Waals surface area (Å²) in [6, 6.07) is 36.7. The van der Waals surface area contributed by atoms with Crippen LogP contribution in [0.1, 0.15) is 16.4 Å². The van der Waals surface area contributed by atoms with E-state index in [1.807, 2.05) is 91.0 Å². The van der Waals surface area contributed by atoms with Crippen molar-refractivity contribution in [3.05, 3.63) is 206 Å². The molecule has 0 fully saturated rings. The first kappa shape index (κ1) is 21.6. The maximum atomic E-state index is 9.70. The summed E-state index contributed by atoms with van der Waals surface area (Å²) in [4.78, 5) is 0. The molecular weight excluding hydrogens is 673 g/mol. The highest BCUT2D eigenvalue weighted by molar-refractivity contribution is 6.28. The van der Waals surface area contributed by atoms with Gasteiger partial charge in [-0.25, -0.2) is 0 Å². The zero-order chi connectivity index (χ0) is 47.2. The van der Waals surface area contributed by atoms with Gasteiger partial charge in [-0.15, -0.1) is 0 Å². The first-order valence-corrected chi connectivity index (χ1v) is 18.5. The Hall–Kier alpha value is -7.28. The fourth-order valence-corrected chi connectivity index (χ4v) is 8.61. The molecule has 0 heteroatoms. The molecule has 0 saturated carbocycles. The van der Waals surface area contributed by atoms with E-state index in [1.165, 1.54) is 0 Å². The zero-order valence-corrected chi connectivity index (χ0v) is 29.7. The van der Waals surface area contributed by atoms with Crippen molar-refractivity contribution in [3.8, 4) is 55.6 Å². The molecule has 0 amide bonds. The number of benzene rings is 12. The van der Waals surface area contributed by atoms with Crippen molar-refractivity contribution >= 4 is 64.6 Å². The zero-order valence-electron chi connectivity index (χ0n) is 41.7. The maximum absolute atomic E-state index is 9.70.